The van der Waals surface area contributed by atoms with Gasteiger partial charge in [-0.15, -0.1) is 0 Å². The average molecular weight is 475 g/mol. The zero-order chi connectivity index (χ0) is 23.7. The molecule has 0 unspecified atom stereocenters. The van der Waals surface area contributed by atoms with E-state index in [4.69, 9.17) is 22.1 Å². The van der Waals surface area contributed by atoms with Crippen LogP contribution in [0.4, 0.5) is 17.2 Å². The number of piperidine rings is 1. The first-order valence-corrected chi connectivity index (χ1v) is 11.5. The summed E-state index contributed by atoms with van der Waals surface area (Å²) in [6, 6.07) is 16.8. The number of nitrogens with one attached hydrogen (secondary N) is 1. The molecule has 1 aliphatic heterocycles. The molecule has 7 nitrogen and oxygen atoms in total. The Kier molecular flexibility index (Phi) is 6.13. The molecule has 34 heavy (non-hydrogen) atoms. The molecule has 0 saturated carbocycles. The Balaban J connectivity index is 1.45. The van der Waals surface area contributed by atoms with Crippen molar-refractivity contribution < 1.29 is 9.84 Å². The van der Waals surface area contributed by atoms with E-state index >= 15 is 0 Å². The standard InChI is InChI=1S/C26H25ClN5O2/c1-34-24-13-17(12-21(27)26(24)33)16-4-6-22-20(11-16)23(8-9-29-22)31-19-5-7-25(30-14-19)32-10-2-3-18(28)15-32/h4-7,9,11-14,18,33H,2-3,10,15,28H2,1H3,(H,29,31)/t18-/m1/s1. The van der Waals surface area contributed by atoms with Crippen molar-refractivity contribution in [2.45, 2.75) is 18.9 Å². The molecule has 4 aromatic rings. The van der Waals surface area contributed by atoms with Gasteiger partial charge in [0.2, 0.25) is 0 Å². The molecule has 3 heterocycles. The van der Waals surface area contributed by atoms with Crippen LogP contribution < -0.4 is 20.7 Å². The molecule has 4 N–H and O–H groups in total. The van der Waals surface area contributed by atoms with Crippen LogP contribution in [0.2, 0.25) is 5.02 Å². The topological polar surface area (TPSA) is 96.5 Å². The number of hydrogen-bond acceptors (Lipinski definition) is 7. The minimum atomic E-state index is -0.0754. The van der Waals surface area contributed by atoms with E-state index in [1.54, 1.807) is 18.3 Å². The number of hydrogen-bond donors (Lipinski definition) is 3. The average Bonchev–Trinajstić information content (AvgIpc) is 2.86. The maximum Gasteiger partial charge on any atom is 0.176 e. The predicted molar refractivity (Wildman–Crippen MR) is 136 cm³/mol. The number of anilines is 3. The van der Waals surface area contributed by atoms with Crippen LogP contribution in [0, 0.1) is 6.07 Å². The summed E-state index contributed by atoms with van der Waals surface area (Å²) in [5, 5.41) is 14.6. The first kappa shape index (κ1) is 22.3. The summed E-state index contributed by atoms with van der Waals surface area (Å²) in [6.45, 7) is 1.81. The number of nitrogens with zero attached hydrogens (tertiary/aromatic N) is 3. The molecule has 8 heteroatoms. The highest BCUT2D eigenvalue weighted by atomic mass is 35.5. The number of benzene rings is 2. The van der Waals surface area contributed by atoms with E-state index < -0.39 is 0 Å². The van der Waals surface area contributed by atoms with E-state index in [2.05, 4.69) is 26.3 Å². The summed E-state index contributed by atoms with van der Waals surface area (Å²) in [5.74, 6) is 1.18. The number of ether oxygens (including phenoxy) is 1. The van der Waals surface area contributed by atoms with Gasteiger partial charge in [0.1, 0.15) is 5.82 Å². The smallest absolute Gasteiger partial charge is 0.176 e. The Morgan fingerprint density at radius 3 is 2.82 bits per heavy atom. The van der Waals surface area contributed by atoms with Crippen LogP contribution in [0.15, 0.2) is 54.9 Å². The Bertz CT molecular complexity index is 1330. The van der Waals surface area contributed by atoms with Gasteiger partial charge in [-0.25, -0.2) is 4.98 Å². The molecule has 173 valence electrons. The fraction of sp³-hybridized carbons (Fsp3) is 0.231. The number of aromatic hydroxyl groups is 1. The van der Waals surface area contributed by atoms with Gasteiger partial charge in [-0.05, 0) is 60.4 Å². The SMILES string of the molecule is COc1cc(-c2ccc3nc[c]c(Nc4ccc(N5CCC[C@@H](N)C5)nc4)c3c2)cc(Cl)c1O. The van der Waals surface area contributed by atoms with Crippen molar-refractivity contribution in [2.24, 2.45) is 5.73 Å². The molecule has 0 bridgehead atoms. The molecule has 2 aromatic carbocycles. The van der Waals surface area contributed by atoms with Crippen molar-refractivity contribution in [1.29, 1.82) is 0 Å². The lowest BCUT2D eigenvalue weighted by molar-refractivity contribution is 0.374. The number of fused-ring (bicyclic) bond motifs is 1. The molecule has 1 radical (unpaired) electrons. The second-order valence-corrected chi connectivity index (χ2v) is 8.80. The third-order valence-corrected chi connectivity index (χ3v) is 6.35. The van der Waals surface area contributed by atoms with Crippen molar-refractivity contribution in [1.82, 2.24) is 9.97 Å². The zero-order valence-corrected chi connectivity index (χ0v) is 19.5. The van der Waals surface area contributed by atoms with E-state index in [9.17, 15) is 5.11 Å². The third-order valence-electron chi connectivity index (χ3n) is 6.06. The molecule has 1 saturated heterocycles. The second-order valence-electron chi connectivity index (χ2n) is 8.40. The highest BCUT2D eigenvalue weighted by Crippen LogP contribution is 2.39. The number of nitrogens with two attached hydrogens (primary N) is 1. The van der Waals surface area contributed by atoms with Crippen LogP contribution in [-0.2, 0) is 0 Å². The van der Waals surface area contributed by atoms with Crippen LogP contribution in [0.1, 0.15) is 12.8 Å². The number of halogens is 1. The summed E-state index contributed by atoms with van der Waals surface area (Å²) >= 11 is 6.20. The van der Waals surface area contributed by atoms with Gasteiger partial charge in [0.15, 0.2) is 11.5 Å². The molecular formula is C26H25ClN5O2. The van der Waals surface area contributed by atoms with Gasteiger partial charge in [-0.3, -0.25) is 4.98 Å². The van der Waals surface area contributed by atoms with Gasteiger partial charge in [0.25, 0.3) is 0 Å². The highest BCUT2D eigenvalue weighted by Gasteiger charge is 2.18. The number of phenols is 1. The summed E-state index contributed by atoms with van der Waals surface area (Å²) in [7, 11) is 1.50. The number of phenolic OH excluding ortho intramolecular Hbond substituents is 1. The lowest BCUT2D eigenvalue weighted by atomic mass is 10.0. The van der Waals surface area contributed by atoms with E-state index in [1.807, 2.05) is 36.5 Å². The lowest BCUT2D eigenvalue weighted by Gasteiger charge is -2.31. The molecule has 1 aliphatic rings. The number of rotatable bonds is 5. The van der Waals surface area contributed by atoms with Crippen molar-refractivity contribution in [3.8, 4) is 22.6 Å². The van der Waals surface area contributed by atoms with Gasteiger partial charge >= 0.3 is 0 Å². The number of aromatic nitrogens is 2. The van der Waals surface area contributed by atoms with Crippen LogP contribution in [0.5, 0.6) is 11.5 Å². The Morgan fingerprint density at radius 2 is 2.06 bits per heavy atom. The van der Waals surface area contributed by atoms with Gasteiger partial charge in [-0.2, -0.15) is 0 Å². The Hall–Kier alpha value is -3.55. The van der Waals surface area contributed by atoms with Crippen molar-refractivity contribution in [3.05, 3.63) is 65.9 Å². The second kappa shape index (κ2) is 9.37. The Labute approximate surface area is 203 Å². The van der Waals surface area contributed by atoms with Gasteiger partial charge in [-0.1, -0.05) is 17.7 Å². The first-order chi connectivity index (χ1) is 16.5. The monoisotopic (exact) mass is 474 g/mol. The normalized spacial score (nSPS) is 16.0. The lowest BCUT2D eigenvalue weighted by Crippen LogP contribution is -2.43. The fourth-order valence-corrected chi connectivity index (χ4v) is 4.49. The van der Waals surface area contributed by atoms with Crippen molar-refractivity contribution in [3.63, 3.8) is 0 Å². The van der Waals surface area contributed by atoms with E-state index in [1.165, 1.54) is 7.11 Å². The van der Waals surface area contributed by atoms with E-state index in [0.717, 1.165) is 65.2 Å². The third kappa shape index (κ3) is 4.44. The fourth-order valence-electron chi connectivity index (χ4n) is 4.28. The van der Waals surface area contributed by atoms with Crippen LogP contribution >= 0.6 is 11.6 Å². The molecule has 0 spiro atoms. The zero-order valence-electron chi connectivity index (χ0n) is 18.8. The van der Waals surface area contributed by atoms with Crippen LogP contribution in [-0.4, -0.2) is 41.3 Å². The molecule has 1 atom stereocenters. The molecule has 1 fully saturated rings. The molecular weight excluding hydrogens is 450 g/mol. The van der Waals surface area contributed by atoms with Gasteiger partial charge in [0, 0.05) is 36.8 Å². The van der Waals surface area contributed by atoms with Crippen LogP contribution in [0.3, 0.4) is 0 Å². The van der Waals surface area contributed by atoms with Crippen molar-refractivity contribution >= 4 is 39.7 Å². The minimum Gasteiger partial charge on any atom is -0.503 e. The molecule has 0 aliphatic carbocycles. The maximum atomic E-state index is 10.1. The number of methoxy groups -OCH3 is 1. The summed E-state index contributed by atoms with van der Waals surface area (Å²) < 4.78 is 5.25. The summed E-state index contributed by atoms with van der Waals surface area (Å²) in [4.78, 5) is 11.3. The summed E-state index contributed by atoms with van der Waals surface area (Å²) in [6.07, 6.45) is 5.62. The maximum absolute atomic E-state index is 10.1. The number of pyridine rings is 2. The molecule has 0 amide bonds. The quantitative estimate of drug-likeness (QED) is 0.368. The van der Waals surface area contributed by atoms with Gasteiger partial charge < -0.3 is 25.8 Å². The van der Waals surface area contributed by atoms with Gasteiger partial charge in [0.05, 0.1) is 35.2 Å². The van der Waals surface area contributed by atoms with Crippen LogP contribution in [0.25, 0.3) is 22.0 Å². The van der Waals surface area contributed by atoms with E-state index in [-0.39, 0.29) is 16.8 Å². The largest absolute Gasteiger partial charge is 0.503 e. The van der Waals surface area contributed by atoms with E-state index in [0.29, 0.717) is 5.75 Å². The minimum absolute atomic E-state index is 0.0754. The molecule has 5 rings (SSSR count). The predicted octanol–water partition coefficient (Wildman–Crippen LogP) is 5.14. The van der Waals surface area contributed by atoms with Crippen molar-refractivity contribution in [2.75, 3.05) is 30.4 Å². The highest BCUT2D eigenvalue weighted by molar-refractivity contribution is 6.32. The molecule has 2 aromatic heterocycles. The Morgan fingerprint density at radius 1 is 1.18 bits per heavy atom. The first-order valence-electron chi connectivity index (χ1n) is 11.1. The summed E-state index contributed by atoms with van der Waals surface area (Å²) in [5.41, 5.74) is 10.3.